The SMILES string of the molecule is CC.CC.CN1CCC2(CCNC2)CC1. The van der Waals surface area contributed by atoms with Crippen molar-refractivity contribution in [3.63, 3.8) is 0 Å². The van der Waals surface area contributed by atoms with E-state index in [0.717, 1.165) is 0 Å². The molecule has 2 heterocycles. The number of hydrogen-bond acceptors (Lipinski definition) is 2. The third-order valence-electron chi connectivity index (χ3n) is 3.38. The van der Waals surface area contributed by atoms with Crippen LogP contribution in [-0.2, 0) is 0 Å². The molecular weight excluding hydrogens is 184 g/mol. The van der Waals surface area contributed by atoms with Crippen molar-refractivity contribution in [3.05, 3.63) is 0 Å². The van der Waals surface area contributed by atoms with Crippen LogP contribution in [0.4, 0.5) is 0 Å². The van der Waals surface area contributed by atoms with Crippen LogP contribution >= 0.6 is 0 Å². The van der Waals surface area contributed by atoms with E-state index in [0.29, 0.717) is 5.41 Å². The van der Waals surface area contributed by atoms with Gasteiger partial charge in [-0.25, -0.2) is 0 Å². The second-order valence-electron chi connectivity index (χ2n) is 4.23. The summed E-state index contributed by atoms with van der Waals surface area (Å²) in [6, 6.07) is 0. The molecule has 2 rings (SSSR count). The molecule has 0 bridgehead atoms. The minimum Gasteiger partial charge on any atom is -0.316 e. The summed E-state index contributed by atoms with van der Waals surface area (Å²) in [5.74, 6) is 0. The maximum Gasteiger partial charge on any atom is 0.000924 e. The zero-order valence-corrected chi connectivity index (χ0v) is 11.4. The van der Waals surface area contributed by atoms with Crippen LogP contribution in [0.1, 0.15) is 47.0 Å². The van der Waals surface area contributed by atoms with Crippen molar-refractivity contribution in [1.82, 2.24) is 10.2 Å². The average molecular weight is 214 g/mol. The van der Waals surface area contributed by atoms with Crippen molar-refractivity contribution in [3.8, 4) is 0 Å². The molecule has 0 aromatic heterocycles. The summed E-state index contributed by atoms with van der Waals surface area (Å²) >= 11 is 0. The Morgan fingerprint density at radius 1 is 0.933 bits per heavy atom. The molecule has 2 heteroatoms. The highest BCUT2D eigenvalue weighted by atomic mass is 15.1. The van der Waals surface area contributed by atoms with E-state index >= 15 is 0 Å². The molecule has 2 aliphatic rings. The molecule has 2 saturated heterocycles. The number of piperidine rings is 1. The van der Waals surface area contributed by atoms with Crippen molar-refractivity contribution in [2.45, 2.75) is 47.0 Å². The molecule has 0 saturated carbocycles. The number of hydrogen-bond donors (Lipinski definition) is 1. The van der Waals surface area contributed by atoms with Crippen molar-refractivity contribution in [1.29, 1.82) is 0 Å². The lowest BCUT2D eigenvalue weighted by molar-refractivity contribution is 0.140. The fraction of sp³-hybridized carbons (Fsp3) is 1.00. The number of rotatable bonds is 0. The molecule has 0 radical (unpaired) electrons. The largest absolute Gasteiger partial charge is 0.316 e. The molecule has 2 nitrogen and oxygen atoms in total. The predicted molar refractivity (Wildman–Crippen MR) is 69.3 cm³/mol. The molecule has 2 fully saturated rings. The van der Waals surface area contributed by atoms with Gasteiger partial charge in [0.15, 0.2) is 0 Å². The molecular formula is C13H30N2. The van der Waals surface area contributed by atoms with Crippen LogP contribution in [0, 0.1) is 5.41 Å². The van der Waals surface area contributed by atoms with Crippen molar-refractivity contribution in [2.75, 3.05) is 33.2 Å². The molecule has 0 aromatic rings. The van der Waals surface area contributed by atoms with Gasteiger partial charge in [0.2, 0.25) is 0 Å². The van der Waals surface area contributed by atoms with E-state index in [-0.39, 0.29) is 0 Å². The quantitative estimate of drug-likeness (QED) is 0.667. The van der Waals surface area contributed by atoms with Gasteiger partial charge < -0.3 is 10.2 Å². The molecule has 15 heavy (non-hydrogen) atoms. The lowest BCUT2D eigenvalue weighted by atomic mass is 9.78. The zero-order chi connectivity index (χ0) is 11.7. The van der Waals surface area contributed by atoms with Gasteiger partial charge in [-0.15, -0.1) is 0 Å². The third kappa shape index (κ3) is 4.52. The Labute approximate surface area is 96.4 Å². The van der Waals surface area contributed by atoms with Crippen LogP contribution in [0.5, 0.6) is 0 Å². The third-order valence-corrected chi connectivity index (χ3v) is 3.38. The van der Waals surface area contributed by atoms with E-state index in [9.17, 15) is 0 Å². The Kier molecular flexibility index (Phi) is 8.07. The number of likely N-dealkylation sites (tertiary alicyclic amines) is 1. The molecule has 0 unspecified atom stereocenters. The van der Waals surface area contributed by atoms with Crippen LogP contribution in [0.2, 0.25) is 0 Å². The van der Waals surface area contributed by atoms with Crippen LogP contribution in [0.3, 0.4) is 0 Å². The standard InChI is InChI=1S/C9H18N2.2C2H6/c1-11-6-3-9(4-7-11)2-5-10-8-9;2*1-2/h10H,2-8H2,1H3;2*1-2H3. The van der Waals surface area contributed by atoms with Gasteiger partial charge in [0.1, 0.15) is 0 Å². The van der Waals surface area contributed by atoms with Gasteiger partial charge in [-0.05, 0) is 51.4 Å². The van der Waals surface area contributed by atoms with Gasteiger partial charge in [0.25, 0.3) is 0 Å². The highest BCUT2D eigenvalue weighted by molar-refractivity contribution is 4.91. The summed E-state index contributed by atoms with van der Waals surface area (Å²) in [5.41, 5.74) is 0.701. The fourth-order valence-electron chi connectivity index (χ4n) is 2.32. The minimum absolute atomic E-state index is 0.701. The Hall–Kier alpha value is -0.0800. The summed E-state index contributed by atoms with van der Waals surface area (Å²) in [7, 11) is 2.23. The first kappa shape index (κ1) is 14.9. The smallest absolute Gasteiger partial charge is 0.000924 e. The zero-order valence-electron chi connectivity index (χ0n) is 11.4. The fourth-order valence-corrected chi connectivity index (χ4v) is 2.32. The molecule has 0 amide bonds. The van der Waals surface area contributed by atoms with Gasteiger partial charge in [0.05, 0.1) is 0 Å². The first-order valence-electron chi connectivity index (χ1n) is 6.70. The van der Waals surface area contributed by atoms with E-state index < -0.39 is 0 Å². The van der Waals surface area contributed by atoms with Crippen LogP contribution in [0.15, 0.2) is 0 Å². The molecule has 0 atom stereocenters. The minimum atomic E-state index is 0.701. The molecule has 0 aromatic carbocycles. The topological polar surface area (TPSA) is 15.3 Å². The molecule has 92 valence electrons. The van der Waals surface area contributed by atoms with Gasteiger partial charge >= 0.3 is 0 Å². The van der Waals surface area contributed by atoms with E-state index in [1.165, 1.54) is 45.4 Å². The molecule has 1 N–H and O–H groups in total. The van der Waals surface area contributed by atoms with E-state index in [4.69, 9.17) is 0 Å². The molecule has 2 aliphatic heterocycles. The van der Waals surface area contributed by atoms with Gasteiger partial charge in [-0.2, -0.15) is 0 Å². The Bertz CT molecular complexity index is 129. The number of nitrogens with one attached hydrogen (secondary N) is 1. The van der Waals surface area contributed by atoms with E-state index in [1.807, 2.05) is 27.7 Å². The maximum absolute atomic E-state index is 3.48. The summed E-state index contributed by atoms with van der Waals surface area (Å²) in [4.78, 5) is 2.45. The van der Waals surface area contributed by atoms with Gasteiger partial charge in [-0.3, -0.25) is 0 Å². The van der Waals surface area contributed by atoms with Crippen molar-refractivity contribution < 1.29 is 0 Å². The predicted octanol–water partition coefficient (Wildman–Crippen LogP) is 2.74. The Morgan fingerprint density at radius 2 is 1.47 bits per heavy atom. The van der Waals surface area contributed by atoms with Crippen LogP contribution in [-0.4, -0.2) is 38.1 Å². The molecule has 0 aliphatic carbocycles. The second kappa shape index (κ2) is 8.12. The summed E-state index contributed by atoms with van der Waals surface area (Å²) in [6.07, 6.45) is 4.24. The van der Waals surface area contributed by atoms with E-state index in [1.54, 1.807) is 0 Å². The summed E-state index contributed by atoms with van der Waals surface area (Å²) in [5, 5.41) is 3.48. The summed E-state index contributed by atoms with van der Waals surface area (Å²) < 4.78 is 0. The first-order valence-corrected chi connectivity index (χ1v) is 6.70. The van der Waals surface area contributed by atoms with Crippen LogP contribution in [0.25, 0.3) is 0 Å². The Morgan fingerprint density at radius 3 is 1.87 bits per heavy atom. The maximum atomic E-state index is 3.48. The highest BCUT2D eigenvalue weighted by Gasteiger charge is 2.35. The van der Waals surface area contributed by atoms with Crippen LogP contribution < -0.4 is 5.32 Å². The molecule has 1 spiro atoms. The van der Waals surface area contributed by atoms with Crippen molar-refractivity contribution in [2.24, 2.45) is 5.41 Å². The lowest BCUT2D eigenvalue weighted by Gasteiger charge is -2.37. The lowest BCUT2D eigenvalue weighted by Crippen LogP contribution is -2.39. The van der Waals surface area contributed by atoms with Crippen molar-refractivity contribution >= 4 is 0 Å². The monoisotopic (exact) mass is 214 g/mol. The first-order chi connectivity index (χ1) is 7.31. The van der Waals surface area contributed by atoms with E-state index in [2.05, 4.69) is 17.3 Å². The average Bonchev–Trinajstić information content (AvgIpc) is 2.77. The summed E-state index contributed by atoms with van der Waals surface area (Å²) in [6.45, 7) is 13.1. The second-order valence-corrected chi connectivity index (χ2v) is 4.23. The Balaban J connectivity index is 0.000000442. The normalized spacial score (nSPS) is 23.8. The van der Waals surface area contributed by atoms with Gasteiger partial charge in [0, 0.05) is 6.54 Å². The highest BCUT2D eigenvalue weighted by Crippen LogP contribution is 2.36. The number of nitrogens with zero attached hydrogens (tertiary/aromatic N) is 1. The van der Waals surface area contributed by atoms with Gasteiger partial charge in [-0.1, -0.05) is 27.7 Å².